The van der Waals surface area contributed by atoms with Gasteiger partial charge in [0.2, 0.25) is 11.8 Å². The lowest BCUT2D eigenvalue weighted by Crippen LogP contribution is -2.27. The second kappa shape index (κ2) is 7.51. The fraction of sp³-hybridized carbons (Fsp3) is 0.385. The fourth-order valence-corrected chi connectivity index (χ4v) is 1.45. The SMILES string of the molecule is COc1ccc(NCCNC(=O)/C=C/C(F)(F)F)c(C)n1. The monoisotopic (exact) mass is 303 g/mol. The third kappa shape index (κ3) is 6.64. The number of nitrogens with one attached hydrogen (secondary N) is 2. The molecule has 1 aromatic heterocycles. The molecular weight excluding hydrogens is 287 g/mol. The summed E-state index contributed by atoms with van der Waals surface area (Å²) in [6.07, 6.45) is -4.13. The van der Waals surface area contributed by atoms with E-state index in [0.717, 1.165) is 11.4 Å². The minimum atomic E-state index is -4.48. The summed E-state index contributed by atoms with van der Waals surface area (Å²) in [5, 5.41) is 5.35. The van der Waals surface area contributed by atoms with E-state index in [1.807, 2.05) is 0 Å². The third-order valence-corrected chi connectivity index (χ3v) is 2.43. The van der Waals surface area contributed by atoms with Crippen LogP contribution in [0, 0.1) is 6.92 Å². The number of amides is 1. The van der Waals surface area contributed by atoms with Crippen molar-refractivity contribution in [2.24, 2.45) is 0 Å². The molecule has 5 nitrogen and oxygen atoms in total. The number of ether oxygens (including phenoxy) is 1. The van der Waals surface area contributed by atoms with Crippen LogP contribution in [0.4, 0.5) is 18.9 Å². The Morgan fingerprint density at radius 2 is 2.10 bits per heavy atom. The maximum atomic E-state index is 11.8. The van der Waals surface area contributed by atoms with E-state index in [-0.39, 0.29) is 12.6 Å². The van der Waals surface area contributed by atoms with Crippen molar-refractivity contribution in [3.8, 4) is 5.88 Å². The normalized spacial score (nSPS) is 11.5. The van der Waals surface area contributed by atoms with Crippen molar-refractivity contribution >= 4 is 11.6 Å². The first kappa shape index (κ1) is 16.8. The van der Waals surface area contributed by atoms with Gasteiger partial charge in [-0.2, -0.15) is 13.2 Å². The highest BCUT2D eigenvalue weighted by Crippen LogP contribution is 2.16. The average Bonchev–Trinajstić information content (AvgIpc) is 2.41. The minimum Gasteiger partial charge on any atom is -0.481 e. The Labute approximate surface area is 120 Å². The predicted molar refractivity (Wildman–Crippen MR) is 72.2 cm³/mol. The molecule has 0 aliphatic heterocycles. The van der Waals surface area contributed by atoms with Gasteiger partial charge in [-0.3, -0.25) is 4.79 Å². The van der Waals surface area contributed by atoms with Crippen LogP contribution >= 0.6 is 0 Å². The van der Waals surface area contributed by atoms with Gasteiger partial charge in [-0.1, -0.05) is 0 Å². The molecule has 8 heteroatoms. The van der Waals surface area contributed by atoms with Gasteiger partial charge in [-0.15, -0.1) is 0 Å². The van der Waals surface area contributed by atoms with Crippen molar-refractivity contribution in [2.75, 3.05) is 25.5 Å². The first-order valence-corrected chi connectivity index (χ1v) is 6.11. The topological polar surface area (TPSA) is 63.2 Å². The van der Waals surface area contributed by atoms with Crippen LogP contribution in [0.3, 0.4) is 0 Å². The molecule has 0 saturated carbocycles. The number of hydrogen-bond donors (Lipinski definition) is 2. The first-order valence-electron chi connectivity index (χ1n) is 6.11. The predicted octanol–water partition coefficient (Wildman–Crippen LogP) is 2.05. The summed E-state index contributed by atoms with van der Waals surface area (Å²) in [6, 6.07) is 3.45. The molecule has 1 heterocycles. The van der Waals surface area contributed by atoms with E-state index < -0.39 is 12.1 Å². The Morgan fingerprint density at radius 3 is 2.67 bits per heavy atom. The second-order valence-electron chi connectivity index (χ2n) is 4.08. The number of carbonyl (C=O) groups excluding carboxylic acids is 1. The molecule has 0 aromatic carbocycles. The summed E-state index contributed by atoms with van der Waals surface area (Å²) in [5.74, 6) is -0.303. The van der Waals surface area contributed by atoms with Gasteiger partial charge in [0.25, 0.3) is 0 Å². The van der Waals surface area contributed by atoms with Crippen molar-refractivity contribution in [2.45, 2.75) is 13.1 Å². The number of anilines is 1. The van der Waals surface area contributed by atoms with Gasteiger partial charge in [-0.25, -0.2) is 4.98 Å². The number of aromatic nitrogens is 1. The van der Waals surface area contributed by atoms with Crippen LogP contribution in [0.25, 0.3) is 0 Å². The molecular formula is C13H16F3N3O2. The van der Waals surface area contributed by atoms with Gasteiger partial charge in [0.15, 0.2) is 0 Å². The quantitative estimate of drug-likeness (QED) is 0.623. The Kier molecular flexibility index (Phi) is 6.01. The molecule has 1 rings (SSSR count). The summed E-state index contributed by atoms with van der Waals surface area (Å²) < 4.78 is 40.5. The highest BCUT2D eigenvalue weighted by Gasteiger charge is 2.22. The van der Waals surface area contributed by atoms with E-state index in [1.54, 1.807) is 19.1 Å². The van der Waals surface area contributed by atoms with Crippen molar-refractivity contribution in [3.05, 3.63) is 30.0 Å². The van der Waals surface area contributed by atoms with Crippen LogP contribution in [0.15, 0.2) is 24.3 Å². The minimum absolute atomic E-state index is 0.104. The van der Waals surface area contributed by atoms with Crippen LogP contribution < -0.4 is 15.4 Å². The molecule has 0 aliphatic carbocycles. The Hall–Kier alpha value is -2.25. The van der Waals surface area contributed by atoms with Gasteiger partial charge in [-0.05, 0) is 13.0 Å². The number of methoxy groups -OCH3 is 1. The zero-order chi connectivity index (χ0) is 15.9. The maximum Gasteiger partial charge on any atom is 0.409 e. The van der Waals surface area contributed by atoms with Crippen molar-refractivity contribution < 1.29 is 22.7 Å². The molecule has 0 unspecified atom stereocenters. The molecule has 1 amide bonds. The highest BCUT2D eigenvalue weighted by molar-refractivity contribution is 5.87. The van der Waals surface area contributed by atoms with E-state index in [0.29, 0.717) is 18.5 Å². The van der Waals surface area contributed by atoms with Crippen LogP contribution in [-0.4, -0.2) is 37.3 Å². The van der Waals surface area contributed by atoms with Crippen LogP contribution in [0.5, 0.6) is 5.88 Å². The molecule has 0 spiro atoms. The molecule has 0 atom stereocenters. The molecule has 0 radical (unpaired) electrons. The zero-order valence-corrected chi connectivity index (χ0v) is 11.6. The van der Waals surface area contributed by atoms with Crippen molar-refractivity contribution in [3.63, 3.8) is 0 Å². The first-order chi connectivity index (χ1) is 9.81. The number of halogens is 3. The summed E-state index contributed by atoms with van der Waals surface area (Å²) in [4.78, 5) is 15.3. The van der Waals surface area contributed by atoms with Crippen LogP contribution in [0.2, 0.25) is 0 Å². The number of allylic oxidation sites excluding steroid dienone is 1. The molecule has 1 aromatic rings. The highest BCUT2D eigenvalue weighted by atomic mass is 19.4. The molecule has 0 aliphatic rings. The zero-order valence-electron chi connectivity index (χ0n) is 11.6. The Balaban J connectivity index is 2.34. The smallest absolute Gasteiger partial charge is 0.409 e. The lowest BCUT2D eigenvalue weighted by Gasteiger charge is -2.10. The summed E-state index contributed by atoms with van der Waals surface area (Å²) in [5.41, 5.74) is 1.48. The van der Waals surface area contributed by atoms with E-state index >= 15 is 0 Å². The maximum absolute atomic E-state index is 11.8. The molecule has 116 valence electrons. The van der Waals surface area contributed by atoms with Crippen LogP contribution in [-0.2, 0) is 4.79 Å². The summed E-state index contributed by atoms with van der Waals surface area (Å²) in [7, 11) is 1.51. The van der Waals surface area contributed by atoms with E-state index in [9.17, 15) is 18.0 Å². The molecule has 2 N–H and O–H groups in total. The number of nitrogens with zero attached hydrogens (tertiary/aromatic N) is 1. The average molecular weight is 303 g/mol. The van der Waals surface area contributed by atoms with E-state index in [4.69, 9.17) is 4.74 Å². The number of pyridine rings is 1. The third-order valence-electron chi connectivity index (χ3n) is 2.43. The van der Waals surface area contributed by atoms with Gasteiger partial charge < -0.3 is 15.4 Å². The molecule has 0 bridgehead atoms. The molecule has 0 saturated heterocycles. The lowest BCUT2D eigenvalue weighted by atomic mass is 10.3. The number of alkyl halides is 3. The Morgan fingerprint density at radius 1 is 1.38 bits per heavy atom. The van der Waals surface area contributed by atoms with Gasteiger partial charge in [0.1, 0.15) is 0 Å². The molecule has 21 heavy (non-hydrogen) atoms. The van der Waals surface area contributed by atoms with E-state index in [1.165, 1.54) is 7.11 Å². The number of aryl methyl sites for hydroxylation is 1. The number of rotatable bonds is 6. The van der Waals surface area contributed by atoms with Crippen molar-refractivity contribution in [1.82, 2.24) is 10.3 Å². The summed E-state index contributed by atoms with van der Waals surface area (Å²) >= 11 is 0. The number of hydrogen-bond acceptors (Lipinski definition) is 4. The second-order valence-corrected chi connectivity index (χ2v) is 4.08. The fourth-order valence-electron chi connectivity index (χ4n) is 1.45. The number of carbonyl (C=O) groups is 1. The van der Waals surface area contributed by atoms with E-state index in [2.05, 4.69) is 15.6 Å². The largest absolute Gasteiger partial charge is 0.481 e. The van der Waals surface area contributed by atoms with Gasteiger partial charge >= 0.3 is 6.18 Å². The molecule has 0 fully saturated rings. The summed E-state index contributed by atoms with van der Waals surface area (Å²) in [6.45, 7) is 2.34. The standard InChI is InChI=1S/C13H16F3N3O2/c1-9-10(3-4-12(19-9)21-2)17-7-8-18-11(20)5-6-13(14,15)16/h3-6,17H,7-8H2,1-2H3,(H,18,20)/b6-5+. The van der Waals surface area contributed by atoms with Gasteiger partial charge in [0, 0.05) is 31.3 Å². The van der Waals surface area contributed by atoms with Gasteiger partial charge in [0.05, 0.1) is 18.5 Å². The lowest BCUT2D eigenvalue weighted by molar-refractivity contribution is -0.117. The Bertz CT molecular complexity index is 516. The van der Waals surface area contributed by atoms with Crippen molar-refractivity contribution in [1.29, 1.82) is 0 Å². The van der Waals surface area contributed by atoms with Crippen LogP contribution in [0.1, 0.15) is 5.69 Å².